The summed E-state index contributed by atoms with van der Waals surface area (Å²) in [6.45, 7) is 9.33. The van der Waals surface area contributed by atoms with Crippen LogP contribution in [-0.4, -0.2) is 48.9 Å². The standard InChI is InChI=1S/C26H46N2O/c1-17(28(7)18(2)29)22-10-11-23-21-9-8-19-16-20(27(5)6)12-14-25(19,3)24(21)13-15-26(22,23)4/h17,19-24H,8-16H2,1-7H3/t17-,19+,20+,21+,22-,23+,24-,25-,26-/m1/s1. The number of carbonyl (C=O) groups excluding carboxylic acids is 1. The Morgan fingerprint density at radius 3 is 2.21 bits per heavy atom. The van der Waals surface area contributed by atoms with Gasteiger partial charge in [-0.25, -0.2) is 0 Å². The van der Waals surface area contributed by atoms with Gasteiger partial charge < -0.3 is 9.80 Å². The van der Waals surface area contributed by atoms with Gasteiger partial charge in [0, 0.05) is 26.1 Å². The van der Waals surface area contributed by atoms with Crippen molar-refractivity contribution in [1.82, 2.24) is 9.80 Å². The minimum atomic E-state index is 0.226. The number of nitrogens with zero attached hydrogens (tertiary/aromatic N) is 2. The SMILES string of the molecule is CC(=O)N(C)[C@H](C)[C@H]1CC[C@H]2[C@@H]3CC[C@H]4C[C@@H](N(C)C)CC[C@@]4(C)[C@@H]3CC[C@]12C. The van der Waals surface area contributed by atoms with Crippen LogP contribution in [0.15, 0.2) is 0 Å². The van der Waals surface area contributed by atoms with E-state index in [-0.39, 0.29) is 5.91 Å². The van der Waals surface area contributed by atoms with Gasteiger partial charge >= 0.3 is 0 Å². The van der Waals surface area contributed by atoms with Gasteiger partial charge in [-0.15, -0.1) is 0 Å². The van der Waals surface area contributed by atoms with Crippen LogP contribution in [0.5, 0.6) is 0 Å². The second-order valence-corrected chi connectivity index (χ2v) is 12.1. The Morgan fingerprint density at radius 2 is 1.55 bits per heavy atom. The van der Waals surface area contributed by atoms with E-state index >= 15 is 0 Å². The van der Waals surface area contributed by atoms with Gasteiger partial charge in [0.1, 0.15) is 0 Å². The first kappa shape index (κ1) is 21.7. The van der Waals surface area contributed by atoms with Gasteiger partial charge in [-0.05, 0) is 119 Å². The molecule has 0 spiro atoms. The van der Waals surface area contributed by atoms with Gasteiger partial charge in [0.15, 0.2) is 0 Å². The number of hydrogen-bond acceptors (Lipinski definition) is 2. The second-order valence-electron chi connectivity index (χ2n) is 12.1. The minimum Gasteiger partial charge on any atom is -0.343 e. The van der Waals surface area contributed by atoms with Crippen LogP contribution in [0.25, 0.3) is 0 Å². The van der Waals surface area contributed by atoms with Crippen molar-refractivity contribution in [2.45, 2.75) is 97.6 Å². The van der Waals surface area contributed by atoms with Crippen LogP contribution < -0.4 is 0 Å². The Hall–Kier alpha value is -0.570. The van der Waals surface area contributed by atoms with Crippen molar-refractivity contribution in [1.29, 1.82) is 0 Å². The van der Waals surface area contributed by atoms with E-state index in [0.29, 0.717) is 22.8 Å². The summed E-state index contributed by atoms with van der Waals surface area (Å²) in [5, 5.41) is 0. The number of rotatable bonds is 3. The molecule has 0 aliphatic heterocycles. The predicted molar refractivity (Wildman–Crippen MR) is 121 cm³/mol. The van der Waals surface area contributed by atoms with E-state index in [1.807, 2.05) is 11.9 Å². The smallest absolute Gasteiger partial charge is 0.219 e. The number of fused-ring (bicyclic) bond motifs is 5. The molecule has 0 unspecified atom stereocenters. The van der Waals surface area contributed by atoms with Gasteiger partial charge in [0.05, 0.1) is 0 Å². The molecule has 0 radical (unpaired) electrons. The van der Waals surface area contributed by atoms with Crippen LogP contribution in [-0.2, 0) is 4.79 Å². The number of amides is 1. The van der Waals surface area contributed by atoms with Crippen molar-refractivity contribution >= 4 is 5.91 Å². The molecule has 4 fully saturated rings. The van der Waals surface area contributed by atoms with E-state index in [1.54, 1.807) is 6.92 Å². The molecule has 4 saturated carbocycles. The van der Waals surface area contributed by atoms with Crippen molar-refractivity contribution in [3.8, 4) is 0 Å². The average Bonchev–Trinajstić information content (AvgIpc) is 3.03. The lowest BCUT2D eigenvalue weighted by atomic mass is 9.44. The first-order valence-corrected chi connectivity index (χ1v) is 12.5. The highest BCUT2D eigenvalue weighted by molar-refractivity contribution is 5.73. The molecule has 4 rings (SSSR count). The summed E-state index contributed by atoms with van der Waals surface area (Å²) in [4.78, 5) is 16.5. The molecule has 3 nitrogen and oxygen atoms in total. The molecule has 3 heteroatoms. The highest BCUT2D eigenvalue weighted by atomic mass is 16.2. The largest absolute Gasteiger partial charge is 0.343 e. The Morgan fingerprint density at radius 1 is 0.897 bits per heavy atom. The van der Waals surface area contributed by atoms with E-state index in [2.05, 4.69) is 39.8 Å². The molecule has 0 aromatic heterocycles. The van der Waals surface area contributed by atoms with Gasteiger partial charge in [0.2, 0.25) is 5.91 Å². The summed E-state index contributed by atoms with van der Waals surface area (Å²) in [6.07, 6.45) is 12.7. The topological polar surface area (TPSA) is 23.6 Å². The quantitative estimate of drug-likeness (QED) is 0.627. The van der Waals surface area contributed by atoms with Gasteiger partial charge in [-0.2, -0.15) is 0 Å². The molecule has 0 N–H and O–H groups in total. The van der Waals surface area contributed by atoms with Gasteiger partial charge in [-0.1, -0.05) is 13.8 Å². The third-order valence-electron chi connectivity index (χ3n) is 11.1. The normalized spacial score (nSPS) is 47.9. The summed E-state index contributed by atoms with van der Waals surface area (Å²) < 4.78 is 0. The molecule has 4 aliphatic carbocycles. The molecule has 1 amide bonds. The van der Waals surface area contributed by atoms with Gasteiger partial charge in [-0.3, -0.25) is 4.79 Å². The highest BCUT2D eigenvalue weighted by Crippen LogP contribution is 2.68. The molecular weight excluding hydrogens is 356 g/mol. The lowest BCUT2D eigenvalue weighted by Crippen LogP contribution is -2.56. The van der Waals surface area contributed by atoms with Crippen molar-refractivity contribution in [2.24, 2.45) is 40.4 Å². The summed E-state index contributed by atoms with van der Waals surface area (Å²) >= 11 is 0. The lowest BCUT2D eigenvalue weighted by molar-refractivity contribution is -0.135. The first-order chi connectivity index (χ1) is 13.6. The van der Waals surface area contributed by atoms with E-state index in [1.165, 1.54) is 57.8 Å². The Kier molecular flexibility index (Phi) is 5.63. The molecule has 0 saturated heterocycles. The number of hydrogen-bond donors (Lipinski definition) is 0. The summed E-state index contributed by atoms with van der Waals surface area (Å²) in [5.74, 6) is 4.61. The maximum Gasteiger partial charge on any atom is 0.219 e. The van der Waals surface area contributed by atoms with E-state index in [4.69, 9.17) is 0 Å². The van der Waals surface area contributed by atoms with Crippen molar-refractivity contribution in [3.05, 3.63) is 0 Å². The zero-order valence-electron chi connectivity index (χ0n) is 20.2. The maximum absolute atomic E-state index is 12.0. The second kappa shape index (κ2) is 7.53. The van der Waals surface area contributed by atoms with Crippen molar-refractivity contribution < 1.29 is 4.79 Å². The fraction of sp³-hybridized carbons (Fsp3) is 0.962. The average molecular weight is 403 g/mol. The first-order valence-electron chi connectivity index (χ1n) is 12.5. The molecule has 4 aliphatic rings. The molecule has 166 valence electrons. The fourth-order valence-electron chi connectivity index (χ4n) is 9.09. The summed E-state index contributed by atoms with van der Waals surface area (Å²) in [6, 6.07) is 1.18. The third-order valence-corrected chi connectivity index (χ3v) is 11.1. The monoisotopic (exact) mass is 402 g/mol. The van der Waals surface area contributed by atoms with E-state index in [9.17, 15) is 4.79 Å². The zero-order valence-corrected chi connectivity index (χ0v) is 20.2. The summed E-state index contributed by atoms with van der Waals surface area (Å²) in [7, 11) is 6.58. The Labute approximate surface area is 180 Å². The van der Waals surface area contributed by atoms with E-state index < -0.39 is 0 Å². The van der Waals surface area contributed by atoms with Crippen LogP contribution >= 0.6 is 0 Å². The molecular formula is C26H46N2O. The van der Waals surface area contributed by atoms with Crippen LogP contribution in [0.2, 0.25) is 0 Å². The molecule has 0 bridgehead atoms. The molecule has 9 atom stereocenters. The molecule has 0 aromatic rings. The van der Waals surface area contributed by atoms with Crippen LogP contribution in [0.1, 0.15) is 85.5 Å². The van der Waals surface area contributed by atoms with Crippen LogP contribution in [0.4, 0.5) is 0 Å². The molecule has 0 aromatic carbocycles. The summed E-state index contributed by atoms with van der Waals surface area (Å²) in [5.41, 5.74) is 1.02. The van der Waals surface area contributed by atoms with E-state index in [0.717, 1.165) is 29.7 Å². The molecule has 29 heavy (non-hydrogen) atoms. The third kappa shape index (κ3) is 3.29. The van der Waals surface area contributed by atoms with Gasteiger partial charge in [0.25, 0.3) is 0 Å². The molecule has 0 heterocycles. The highest BCUT2D eigenvalue weighted by Gasteiger charge is 2.61. The number of carbonyl (C=O) groups is 1. The lowest BCUT2D eigenvalue weighted by Gasteiger charge is -2.62. The maximum atomic E-state index is 12.0. The fourth-order valence-corrected chi connectivity index (χ4v) is 9.09. The minimum absolute atomic E-state index is 0.226. The van der Waals surface area contributed by atoms with Crippen LogP contribution in [0.3, 0.4) is 0 Å². The van der Waals surface area contributed by atoms with Crippen molar-refractivity contribution in [2.75, 3.05) is 21.1 Å². The van der Waals surface area contributed by atoms with Crippen molar-refractivity contribution in [3.63, 3.8) is 0 Å². The van der Waals surface area contributed by atoms with Crippen LogP contribution in [0, 0.1) is 40.4 Å². The Balaban J connectivity index is 1.53. The Bertz CT molecular complexity index is 632. The zero-order chi connectivity index (χ0) is 21.1. The predicted octanol–water partition coefficient (Wildman–Crippen LogP) is 5.44.